The summed E-state index contributed by atoms with van der Waals surface area (Å²) in [5.41, 5.74) is 1.85. The Hall–Kier alpha value is -1.81. The van der Waals surface area contributed by atoms with Crippen molar-refractivity contribution in [3.8, 4) is 0 Å². The van der Waals surface area contributed by atoms with Crippen molar-refractivity contribution in [2.24, 2.45) is 0 Å². The second kappa shape index (κ2) is 6.76. The Morgan fingerprint density at radius 2 is 2.19 bits per heavy atom. The minimum absolute atomic E-state index is 0.181. The van der Waals surface area contributed by atoms with Crippen molar-refractivity contribution in [3.05, 3.63) is 40.4 Å². The van der Waals surface area contributed by atoms with Gasteiger partial charge in [0.25, 0.3) is 0 Å². The molecular weight excluding hydrogens is 290 g/mol. The number of amides is 1. The van der Waals surface area contributed by atoms with Crippen LogP contribution in [0.25, 0.3) is 6.08 Å². The van der Waals surface area contributed by atoms with E-state index in [4.69, 9.17) is 16.3 Å². The predicted molar refractivity (Wildman–Crippen MR) is 82.0 cm³/mol. The predicted octanol–water partition coefficient (Wildman–Crippen LogP) is 2.83. The van der Waals surface area contributed by atoms with Crippen molar-refractivity contribution in [2.75, 3.05) is 13.7 Å². The molecule has 0 saturated carbocycles. The highest BCUT2D eigenvalue weighted by Crippen LogP contribution is 2.20. The molecule has 4 nitrogen and oxygen atoms in total. The van der Waals surface area contributed by atoms with Crippen molar-refractivity contribution in [2.45, 2.75) is 25.8 Å². The van der Waals surface area contributed by atoms with Crippen LogP contribution in [0.3, 0.4) is 0 Å². The van der Waals surface area contributed by atoms with Gasteiger partial charge in [0, 0.05) is 17.6 Å². The summed E-state index contributed by atoms with van der Waals surface area (Å²) < 4.78 is 4.73. The van der Waals surface area contributed by atoms with Crippen LogP contribution in [0.2, 0.25) is 5.02 Å². The van der Waals surface area contributed by atoms with Crippen LogP contribution in [-0.4, -0.2) is 36.5 Å². The molecule has 0 spiro atoms. The molecule has 112 valence electrons. The van der Waals surface area contributed by atoms with E-state index in [9.17, 15) is 9.59 Å². The van der Waals surface area contributed by atoms with E-state index in [1.807, 2.05) is 25.1 Å². The summed E-state index contributed by atoms with van der Waals surface area (Å²) >= 11 is 6.05. The molecule has 1 fully saturated rings. The lowest BCUT2D eigenvalue weighted by atomic mass is 10.1. The Morgan fingerprint density at radius 1 is 1.43 bits per heavy atom. The van der Waals surface area contributed by atoms with Crippen LogP contribution < -0.4 is 0 Å². The van der Waals surface area contributed by atoms with Crippen molar-refractivity contribution in [3.63, 3.8) is 0 Å². The highest BCUT2D eigenvalue weighted by atomic mass is 35.5. The van der Waals surface area contributed by atoms with Gasteiger partial charge in [0.1, 0.15) is 6.04 Å². The fraction of sp³-hybridized carbons (Fsp3) is 0.375. The van der Waals surface area contributed by atoms with E-state index in [0.717, 1.165) is 17.5 Å². The number of hydrogen-bond donors (Lipinski definition) is 0. The maximum Gasteiger partial charge on any atom is 0.328 e. The van der Waals surface area contributed by atoms with Crippen molar-refractivity contribution >= 4 is 29.6 Å². The molecule has 0 aliphatic carbocycles. The van der Waals surface area contributed by atoms with Gasteiger partial charge in [-0.3, -0.25) is 4.79 Å². The van der Waals surface area contributed by atoms with Crippen LogP contribution in [0.5, 0.6) is 0 Å². The Labute approximate surface area is 129 Å². The zero-order chi connectivity index (χ0) is 15.4. The van der Waals surface area contributed by atoms with Crippen molar-refractivity contribution in [1.29, 1.82) is 0 Å². The maximum absolute atomic E-state index is 12.2. The molecule has 2 rings (SSSR count). The molecule has 1 atom stereocenters. The van der Waals surface area contributed by atoms with Gasteiger partial charge in [0.05, 0.1) is 7.11 Å². The first-order chi connectivity index (χ1) is 10.0. The van der Waals surface area contributed by atoms with Gasteiger partial charge in [-0.25, -0.2) is 4.79 Å². The minimum Gasteiger partial charge on any atom is -0.467 e. The molecule has 1 saturated heterocycles. The Balaban J connectivity index is 2.08. The standard InChI is InChI=1S/C16H18ClNO3/c1-11-5-6-12(10-13(11)17)7-8-15(19)18-9-3-4-14(18)16(20)21-2/h5-8,10,14H,3-4,9H2,1-2H3/b8-7+. The first-order valence-electron chi connectivity index (χ1n) is 6.85. The summed E-state index contributed by atoms with van der Waals surface area (Å²) in [5.74, 6) is -0.535. The number of halogens is 1. The van der Waals surface area contributed by atoms with E-state index in [1.165, 1.54) is 13.2 Å². The average Bonchev–Trinajstić information content (AvgIpc) is 2.97. The average molecular weight is 308 g/mol. The molecule has 0 radical (unpaired) electrons. The number of carbonyl (C=O) groups is 2. The first-order valence-corrected chi connectivity index (χ1v) is 7.23. The van der Waals surface area contributed by atoms with Gasteiger partial charge in [0.15, 0.2) is 0 Å². The molecule has 0 bridgehead atoms. The highest BCUT2D eigenvalue weighted by molar-refractivity contribution is 6.31. The number of rotatable bonds is 3. The molecule has 1 aromatic rings. The lowest BCUT2D eigenvalue weighted by Crippen LogP contribution is -2.40. The summed E-state index contributed by atoms with van der Waals surface area (Å²) in [4.78, 5) is 25.4. The third-order valence-electron chi connectivity index (χ3n) is 3.62. The Bertz CT molecular complexity index is 583. The third-order valence-corrected chi connectivity index (χ3v) is 4.03. The lowest BCUT2D eigenvalue weighted by Gasteiger charge is -2.20. The van der Waals surface area contributed by atoms with Gasteiger partial charge in [-0.05, 0) is 43.0 Å². The van der Waals surface area contributed by atoms with Gasteiger partial charge >= 0.3 is 5.97 Å². The molecule has 0 aromatic heterocycles. The van der Waals surface area contributed by atoms with Crippen molar-refractivity contribution < 1.29 is 14.3 Å². The first kappa shape index (κ1) is 15.6. The van der Waals surface area contributed by atoms with Crippen LogP contribution in [0, 0.1) is 6.92 Å². The second-order valence-electron chi connectivity index (χ2n) is 5.05. The molecule has 1 aliphatic rings. The lowest BCUT2D eigenvalue weighted by molar-refractivity contribution is -0.149. The number of carbonyl (C=O) groups excluding carboxylic acids is 2. The van der Waals surface area contributed by atoms with E-state index in [2.05, 4.69) is 0 Å². The van der Waals surface area contributed by atoms with E-state index < -0.39 is 6.04 Å². The highest BCUT2D eigenvalue weighted by Gasteiger charge is 2.33. The number of hydrogen-bond acceptors (Lipinski definition) is 3. The molecule has 0 N–H and O–H groups in total. The van der Waals surface area contributed by atoms with Crippen LogP contribution >= 0.6 is 11.6 Å². The SMILES string of the molecule is COC(=O)C1CCCN1C(=O)/C=C/c1ccc(C)c(Cl)c1. The van der Waals surface area contributed by atoms with E-state index in [-0.39, 0.29) is 11.9 Å². The summed E-state index contributed by atoms with van der Waals surface area (Å²) in [5, 5.41) is 0.665. The van der Waals surface area contributed by atoms with Crippen LogP contribution in [0.4, 0.5) is 0 Å². The van der Waals surface area contributed by atoms with Gasteiger partial charge in [-0.2, -0.15) is 0 Å². The minimum atomic E-state index is -0.464. The number of aryl methyl sites for hydroxylation is 1. The molecule has 1 aromatic carbocycles. The molecule has 5 heteroatoms. The monoisotopic (exact) mass is 307 g/mol. The largest absolute Gasteiger partial charge is 0.467 e. The number of nitrogens with zero attached hydrogens (tertiary/aromatic N) is 1. The van der Waals surface area contributed by atoms with Crippen molar-refractivity contribution in [1.82, 2.24) is 4.90 Å². The van der Waals surface area contributed by atoms with E-state index in [1.54, 1.807) is 11.0 Å². The quantitative estimate of drug-likeness (QED) is 0.637. The fourth-order valence-corrected chi connectivity index (χ4v) is 2.58. The van der Waals surface area contributed by atoms with E-state index >= 15 is 0 Å². The molecule has 1 unspecified atom stereocenters. The molecule has 21 heavy (non-hydrogen) atoms. The number of esters is 1. The Morgan fingerprint density at radius 3 is 2.86 bits per heavy atom. The zero-order valence-corrected chi connectivity index (χ0v) is 12.9. The molecule has 1 amide bonds. The maximum atomic E-state index is 12.2. The van der Waals surface area contributed by atoms with Crippen LogP contribution in [0.15, 0.2) is 24.3 Å². The smallest absolute Gasteiger partial charge is 0.328 e. The van der Waals surface area contributed by atoms with E-state index in [0.29, 0.717) is 18.0 Å². The van der Waals surface area contributed by atoms with Gasteiger partial charge in [-0.15, -0.1) is 0 Å². The second-order valence-corrected chi connectivity index (χ2v) is 5.46. The van der Waals surface area contributed by atoms with Crippen LogP contribution in [0.1, 0.15) is 24.0 Å². The number of ether oxygens (including phenoxy) is 1. The van der Waals surface area contributed by atoms with Gasteiger partial charge in [-0.1, -0.05) is 23.7 Å². The summed E-state index contributed by atoms with van der Waals surface area (Å²) in [6.07, 6.45) is 4.65. The summed E-state index contributed by atoms with van der Waals surface area (Å²) in [6, 6.07) is 5.14. The summed E-state index contributed by atoms with van der Waals surface area (Å²) in [7, 11) is 1.34. The fourth-order valence-electron chi connectivity index (χ4n) is 2.39. The normalized spacial score (nSPS) is 18.2. The number of benzene rings is 1. The Kier molecular flexibility index (Phi) is 5.02. The molecular formula is C16H18ClNO3. The molecule has 1 heterocycles. The summed E-state index contributed by atoms with van der Waals surface area (Å²) in [6.45, 7) is 2.50. The number of methoxy groups -OCH3 is 1. The zero-order valence-electron chi connectivity index (χ0n) is 12.1. The van der Waals surface area contributed by atoms with Crippen LogP contribution in [-0.2, 0) is 14.3 Å². The van der Waals surface area contributed by atoms with Gasteiger partial charge < -0.3 is 9.64 Å². The van der Waals surface area contributed by atoms with Gasteiger partial charge in [0.2, 0.25) is 5.91 Å². The number of likely N-dealkylation sites (tertiary alicyclic amines) is 1. The third kappa shape index (κ3) is 3.64. The molecule has 1 aliphatic heterocycles. The topological polar surface area (TPSA) is 46.6 Å².